The molecule has 0 unspecified atom stereocenters. The molecule has 4 nitrogen and oxygen atoms in total. The van der Waals surface area contributed by atoms with Crippen molar-refractivity contribution in [2.24, 2.45) is 5.92 Å². The monoisotopic (exact) mass is 309 g/mol. The van der Waals surface area contributed by atoms with E-state index < -0.39 is 11.6 Å². The lowest BCUT2D eigenvalue weighted by molar-refractivity contribution is -0.145. The van der Waals surface area contributed by atoms with Crippen molar-refractivity contribution in [3.63, 3.8) is 0 Å². The summed E-state index contributed by atoms with van der Waals surface area (Å²) in [5.74, 6) is -0.980. The lowest BCUT2D eigenvalue weighted by Gasteiger charge is -2.38. The Morgan fingerprint density at radius 3 is 2.57 bits per heavy atom. The van der Waals surface area contributed by atoms with Crippen molar-refractivity contribution in [2.45, 2.75) is 56.7 Å². The Morgan fingerprint density at radius 2 is 2.05 bits per heavy atom. The van der Waals surface area contributed by atoms with Gasteiger partial charge in [-0.25, -0.2) is 0 Å². The van der Waals surface area contributed by atoms with Gasteiger partial charge in [0.25, 0.3) is 0 Å². The van der Waals surface area contributed by atoms with Crippen LogP contribution in [-0.2, 0) is 11.3 Å². The van der Waals surface area contributed by atoms with Gasteiger partial charge in [-0.15, -0.1) is 11.3 Å². The number of nitrogens with zero attached hydrogens (tertiary/aromatic N) is 1. The van der Waals surface area contributed by atoms with E-state index in [1.807, 2.05) is 0 Å². The maximum Gasteiger partial charge on any atom is 0.306 e. The van der Waals surface area contributed by atoms with Crippen molar-refractivity contribution in [1.82, 2.24) is 4.90 Å². The van der Waals surface area contributed by atoms with Crippen molar-refractivity contribution < 1.29 is 15.0 Å². The number of hydrogen-bond acceptors (Lipinski definition) is 4. The second-order valence-electron chi connectivity index (χ2n) is 6.55. The molecule has 2 fully saturated rings. The van der Waals surface area contributed by atoms with Gasteiger partial charge >= 0.3 is 5.97 Å². The van der Waals surface area contributed by atoms with Crippen molar-refractivity contribution in [1.29, 1.82) is 0 Å². The number of aliphatic hydroxyl groups is 1. The average molecular weight is 309 g/mol. The maximum absolute atomic E-state index is 11.0. The van der Waals surface area contributed by atoms with Gasteiger partial charge in [-0.1, -0.05) is 6.07 Å². The fourth-order valence-corrected chi connectivity index (χ4v) is 4.02. The molecule has 1 aromatic heterocycles. The highest BCUT2D eigenvalue weighted by Gasteiger charge is 2.40. The summed E-state index contributed by atoms with van der Waals surface area (Å²) in [7, 11) is 0. The van der Waals surface area contributed by atoms with Crippen molar-refractivity contribution in [3.05, 3.63) is 22.4 Å². The molecule has 0 amide bonds. The van der Waals surface area contributed by atoms with Gasteiger partial charge in [0.05, 0.1) is 11.5 Å². The summed E-state index contributed by atoms with van der Waals surface area (Å²) in [6.45, 7) is 1.59. The number of carbonyl (C=O) groups is 1. The third kappa shape index (κ3) is 3.84. The van der Waals surface area contributed by atoms with Crippen LogP contribution in [0.4, 0.5) is 0 Å². The number of hydrogen-bond donors (Lipinski definition) is 2. The van der Waals surface area contributed by atoms with Crippen LogP contribution in [0.1, 0.15) is 43.4 Å². The summed E-state index contributed by atoms with van der Waals surface area (Å²) in [5.41, 5.74) is -0.703. The molecule has 2 aliphatic rings. The van der Waals surface area contributed by atoms with Crippen LogP contribution in [0.5, 0.6) is 0 Å². The zero-order valence-corrected chi connectivity index (χ0v) is 13.0. The van der Waals surface area contributed by atoms with E-state index in [0.717, 1.165) is 6.54 Å². The third-order valence-electron chi connectivity index (χ3n) is 4.77. The first-order valence-electron chi connectivity index (χ1n) is 7.77. The van der Waals surface area contributed by atoms with E-state index in [1.165, 1.54) is 17.7 Å². The lowest BCUT2D eigenvalue weighted by Crippen LogP contribution is -2.46. The second-order valence-corrected chi connectivity index (χ2v) is 7.58. The van der Waals surface area contributed by atoms with E-state index in [9.17, 15) is 9.90 Å². The molecule has 0 aliphatic heterocycles. The molecule has 0 spiro atoms. The topological polar surface area (TPSA) is 60.8 Å². The molecule has 0 saturated heterocycles. The van der Waals surface area contributed by atoms with Gasteiger partial charge < -0.3 is 10.2 Å². The van der Waals surface area contributed by atoms with Crippen molar-refractivity contribution in [2.75, 3.05) is 6.54 Å². The highest BCUT2D eigenvalue weighted by Crippen LogP contribution is 2.36. The maximum atomic E-state index is 11.0. The van der Waals surface area contributed by atoms with E-state index in [2.05, 4.69) is 22.4 Å². The molecular formula is C16H23NO3S. The molecule has 2 N–H and O–H groups in total. The van der Waals surface area contributed by atoms with Gasteiger partial charge in [-0.05, 0) is 50.0 Å². The van der Waals surface area contributed by atoms with Gasteiger partial charge in [0.15, 0.2) is 0 Å². The molecule has 3 rings (SSSR count). The van der Waals surface area contributed by atoms with Crippen LogP contribution in [0.3, 0.4) is 0 Å². The van der Waals surface area contributed by atoms with Crippen molar-refractivity contribution in [3.8, 4) is 0 Å². The van der Waals surface area contributed by atoms with Crippen LogP contribution in [0.25, 0.3) is 0 Å². The highest BCUT2D eigenvalue weighted by molar-refractivity contribution is 7.09. The van der Waals surface area contributed by atoms with Crippen LogP contribution in [0.2, 0.25) is 0 Å². The first-order chi connectivity index (χ1) is 10.1. The fraction of sp³-hybridized carbons (Fsp3) is 0.688. The largest absolute Gasteiger partial charge is 0.481 e. The van der Waals surface area contributed by atoms with E-state index in [-0.39, 0.29) is 5.92 Å². The zero-order chi connectivity index (χ0) is 14.9. The predicted octanol–water partition coefficient (Wildman–Crippen LogP) is 2.72. The molecule has 2 saturated carbocycles. The predicted molar refractivity (Wildman–Crippen MR) is 82.3 cm³/mol. The standard InChI is InChI=1S/C16H23NO3S/c18-15(19)12-5-7-16(20,8-6-12)11-17(13-3-4-13)10-14-2-1-9-21-14/h1-2,9,12-13,20H,3-8,10-11H2,(H,18,19). The molecule has 0 bridgehead atoms. The second kappa shape index (κ2) is 6.07. The fourth-order valence-electron chi connectivity index (χ4n) is 3.29. The number of aliphatic carboxylic acids is 1. The molecule has 0 aromatic carbocycles. The Balaban J connectivity index is 1.59. The van der Waals surface area contributed by atoms with Gasteiger partial charge in [-0.3, -0.25) is 9.69 Å². The molecule has 5 heteroatoms. The quantitative estimate of drug-likeness (QED) is 0.848. The molecule has 0 atom stereocenters. The Hall–Kier alpha value is -0.910. The molecule has 21 heavy (non-hydrogen) atoms. The third-order valence-corrected chi connectivity index (χ3v) is 5.63. The zero-order valence-electron chi connectivity index (χ0n) is 12.2. The van der Waals surface area contributed by atoms with Crippen LogP contribution in [0, 0.1) is 5.92 Å². The van der Waals surface area contributed by atoms with Crippen molar-refractivity contribution >= 4 is 17.3 Å². The molecular weight excluding hydrogens is 286 g/mol. The van der Waals surface area contributed by atoms with E-state index in [4.69, 9.17) is 5.11 Å². The Bertz CT molecular complexity index is 476. The minimum absolute atomic E-state index is 0.267. The summed E-state index contributed by atoms with van der Waals surface area (Å²) in [6, 6.07) is 4.82. The Kier molecular flexibility index (Phi) is 4.33. The van der Waals surface area contributed by atoms with Gasteiger partial charge in [0, 0.05) is 24.0 Å². The smallest absolute Gasteiger partial charge is 0.306 e. The summed E-state index contributed by atoms with van der Waals surface area (Å²) in [6.07, 6.45) is 4.86. The normalized spacial score (nSPS) is 29.7. The number of rotatable bonds is 6. The van der Waals surface area contributed by atoms with Crippen LogP contribution >= 0.6 is 11.3 Å². The summed E-state index contributed by atoms with van der Waals surface area (Å²) < 4.78 is 0. The highest BCUT2D eigenvalue weighted by atomic mass is 32.1. The molecule has 116 valence electrons. The molecule has 2 aliphatic carbocycles. The minimum Gasteiger partial charge on any atom is -0.481 e. The number of carboxylic acids is 1. The van der Waals surface area contributed by atoms with Gasteiger partial charge in [-0.2, -0.15) is 0 Å². The van der Waals surface area contributed by atoms with E-state index in [0.29, 0.717) is 38.3 Å². The molecule has 1 aromatic rings. The van der Waals surface area contributed by atoms with Crippen LogP contribution < -0.4 is 0 Å². The molecule has 1 heterocycles. The first kappa shape index (κ1) is 15.0. The van der Waals surface area contributed by atoms with E-state index >= 15 is 0 Å². The Labute approximate surface area is 129 Å². The summed E-state index contributed by atoms with van der Waals surface area (Å²) >= 11 is 1.76. The Morgan fingerprint density at radius 1 is 1.33 bits per heavy atom. The van der Waals surface area contributed by atoms with Crippen LogP contribution in [-0.4, -0.2) is 39.3 Å². The van der Waals surface area contributed by atoms with Crippen LogP contribution in [0.15, 0.2) is 17.5 Å². The first-order valence-corrected chi connectivity index (χ1v) is 8.65. The number of carboxylic acid groups (broad SMARTS) is 1. The van der Waals surface area contributed by atoms with E-state index in [1.54, 1.807) is 11.3 Å². The summed E-state index contributed by atoms with van der Waals surface area (Å²) in [5, 5.41) is 22.0. The summed E-state index contributed by atoms with van der Waals surface area (Å²) in [4.78, 5) is 14.8. The lowest BCUT2D eigenvalue weighted by atomic mass is 9.78. The van der Waals surface area contributed by atoms with Gasteiger partial charge in [0.2, 0.25) is 0 Å². The average Bonchev–Trinajstić information content (AvgIpc) is 3.17. The van der Waals surface area contributed by atoms with Gasteiger partial charge in [0.1, 0.15) is 0 Å². The minimum atomic E-state index is -0.713. The molecule has 0 radical (unpaired) electrons. The number of thiophene rings is 1. The SMILES string of the molecule is O=C(O)C1CCC(O)(CN(Cc2cccs2)C2CC2)CC1.